The van der Waals surface area contributed by atoms with Gasteiger partial charge in [-0.3, -0.25) is 28.8 Å². The maximum atomic E-state index is 13.4. The van der Waals surface area contributed by atoms with Crippen LogP contribution in [0.3, 0.4) is 0 Å². The molecule has 0 unspecified atom stereocenters. The SMILES string of the molecule is COc1ccc(OCCNC(=O)[C@@H]2CC(=O)N[C@@H](CC(N)=O)C(=O)N[C@H](C(C)C)C(=O)N[C@@H](C)COc3ccccc3C(=O)N2)cc1. The first-order chi connectivity index (χ1) is 22.4. The van der Waals surface area contributed by atoms with E-state index in [-0.39, 0.29) is 37.0 Å². The number of nitrogens with two attached hydrogens (primary N) is 1. The highest BCUT2D eigenvalue weighted by molar-refractivity contribution is 6.01. The lowest BCUT2D eigenvalue weighted by molar-refractivity contribution is -0.135. The molecule has 0 fully saturated rings. The standard InChI is InChI=1S/C32H42N6O9/c1-18(2)28-32(44)35-19(3)17-47-25-8-6-5-7-22(25)29(41)37-24(16-27(40)36-23(15-26(33)39)31(43)38-28)30(42)34-13-14-46-21-11-9-20(45-4)10-12-21/h5-12,18-19,23-24,28H,13-17H2,1-4H3,(H2,33,39)(H,34,42)(H,35,44)(H,36,40)(H,37,41)(H,38,43)/t19-,23-,24-,28+/m0/s1. The predicted octanol–water partition coefficient (Wildman–Crippen LogP) is -0.223. The normalized spacial score (nSPS) is 21.0. The summed E-state index contributed by atoms with van der Waals surface area (Å²) in [6.07, 6.45) is -1.18. The number of hydrogen-bond acceptors (Lipinski definition) is 9. The number of carbonyl (C=O) groups is 6. The van der Waals surface area contributed by atoms with Gasteiger partial charge in [0, 0.05) is 0 Å². The zero-order valence-corrected chi connectivity index (χ0v) is 26.8. The summed E-state index contributed by atoms with van der Waals surface area (Å²) >= 11 is 0. The molecule has 0 saturated heterocycles. The Kier molecular flexibility index (Phi) is 13.4. The Morgan fingerprint density at radius 1 is 0.957 bits per heavy atom. The first-order valence-electron chi connectivity index (χ1n) is 15.1. The zero-order chi connectivity index (χ0) is 34.5. The van der Waals surface area contributed by atoms with Crippen LogP contribution in [-0.4, -0.2) is 86.5 Å². The molecule has 0 bridgehead atoms. The Balaban J connectivity index is 1.85. The van der Waals surface area contributed by atoms with Crippen molar-refractivity contribution in [2.24, 2.45) is 11.7 Å². The van der Waals surface area contributed by atoms with Gasteiger partial charge in [-0.1, -0.05) is 26.0 Å². The molecule has 1 aliphatic heterocycles. The summed E-state index contributed by atoms with van der Waals surface area (Å²) in [5.74, 6) is -3.49. The molecular weight excluding hydrogens is 612 g/mol. The van der Waals surface area contributed by atoms with Crippen molar-refractivity contribution < 1.29 is 43.0 Å². The van der Waals surface area contributed by atoms with Crippen molar-refractivity contribution in [2.75, 3.05) is 26.9 Å². The molecule has 0 aliphatic carbocycles. The number of rotatable bonds is 9. The number of benzene rings is 2. The number of amides is 6. The zero-order valence-electron chi connectivity index (χ0n) is 26.8. The van der Waals surface area contributed by atoms with Crippen LogP contribution in [0, 0.1) is 5.92 Å². The van der Waals surface area contributed by atoms with Gasteiger partial charge >= 0.3 is 0 Å². The topological polar surface area (TPSA) is 216 Å². The molecule has 6 amide bonds. The molecule has 47 heavy (non-hydrogen) atoms. The van der Waals surface area contributed by atoms with E-state index in [1.165, 1.54) is 6.07 Å². The first-order valence-corrected chi connectivity index (χ1v) is 15.1. The van der Waals surface area contributed by atoms with Crippen LogP contribution >= 0.6 is 0 Å². The van der Waals surface area contributed by atoms with Crippen molar-refractivity contribution in [3.63, 3.8) is 0 Å². The number of fused-ring (bicyclic) bond motifs is 1. The van der Waals surface area contributed by atoms with E-state index in [0.717, 1.165) is 0 Å². The highest BCUT2D eigenvalue weighted by Crippen LogP contribution is 2.19. The van der Waals surface area contributed by atoms with Crippen molar-refractivity contribution >= 4 is 35.4 Å². The minimum Gasteiger partial charge on any atom is -0.497 e. The predicted molar refractivity (Wildman–Crippen MR) is 169 cm³/mol. The van der Waals surface area contributed by atoms with E-state index in [2.05, 4.69) is 26.6 Å². The third-order valence-corrected chi connectivity index (χ3v) is 7.05. The number of para-hydroxylation sites is 1. The molecule has 7 N–H and O–H groups in total. The van der Waals surface area contributed by atoms with Crippen LogP contribution in [0.2, 0.25) is 0 Å². The maximum Gasteiger partial charge on any atom is 0.255 e. The highest BCUT2D eigenvalue weighted by Gasteiger charge is 2.32. The van der Waals surface area contributed by atoms with Crippen molar-refractivity contribution in [1.82, 2.24) is 26.6 Å². The molecule has 3 rings (SSSR count). The Labute approximate surface area is 272 Å². The molecule has 15 nitrogen and oxygen atoms in total. The average Bonchev–Trinajstić information content (AvgIpc) is 3.03. The van der Waals surface area contributed by atoms with Crippen LogP contribution in [0.4, 0.5) is 0 Å². The summed E-state index contributed by atoms with van der Waals surface area (Å²) < 4.78 is 16.6. The lowest BCUT2D eigenvalue weighted by Crippen LogP contribution is -2.58. The Hall–Kier alpha value is -5.34. The van der Waals surface area contributed by atoms with Gasteiger partial charge in [0.25, 0.3) is 5.91 Å². The fraction of sp³-hybridized carbons (Fsp3) is 0.438. The van der Waals surface area contributed by atoms with Crippen LogP contribution < -0.4 is 46.5 Å². The van der Waals surface area contributed by atoms with E-state index in [4.69, 9.17) is 19.9 Å². The average molecular weight is 655 g/mol. The first kappa shape index (κ1) is 36.1. The third-order valence-electron chi connectivity index (χ3n) is 7.05. The molecule has 254 valence electrons. The number of carbonyl (C=O) groups excluding carboxylic acids is 6. The summed E-state index contributed by atoms with van der Waals surface area (Å²) in [6, 6.07) is 8.69. The van der Waals surface area contributed by atoms with Gasteiger partial charge in [-0.15, -0.1) is 0 Å². The summed E-state index contributed by atoms with van der Waals surface area (Å²) in [4.78, 5) is 78.1. The van der Waals surface area contributed by atoms with Gasteiger partial charge in [0.05, 0.1) is 38.1 Å². The van der Waals surface area contributed by atoms with Crippen molar-refractivity contribution in [1.29, 1.82) is 0 Å². The van der Waals surface area contributed by atoms with E-state index >= 15 is 0 Å². The minimum atomic E-state index is -1.46. The summed E-state index contributed by atoms with van der Waals surface area (Å²) in [7, 11) is 1.54. The Morgan fingerprint density at radius 2 is 1.64 bits per heavy atom. The van der Waals surface area contributed by atoms with E-state index in [0.29, 0.717) is 11.5 Å². The minimum absolute atomic E-state index is 0.0285. The van der Waals surface area contributed by atoms with Gasteiger partial charge in [-0.05, 0) is 49.2 Å². The van der Waals surface area contributed by atoms with Crippen LogP contribution in [0.1, 0.15) is 44.0 Å². The van der Waals surface area contributed by atoms with Gasteiger partial charge in [-0.2, -0.15) is 0 Å². The van der Waals surface area contributed by atoms with E-state index in [1.54, 1.807) is 70.3 Å². The molecule has 1 aliphatic rings. The lowest BCUT2D eigenvalue weighted by atomic mass is 10.0. The molecule has 0 saturated carbocycles. The van der Waals surface area contributed by atoms with Crippen molar-refractivity contribution in [2.45, 2.75) is 57.8 Å². The summed E-state index contributed by atoms with van der Waals surface area (Å²) in [5, 5.41) is 13.0. The van der Waals surface area contributed by atoms with Crippen LogP contribution in [-0.2, 0) is 24.0 Å². The highest BCUT2D eigenvalue weighted by atomic mass is 16.5. The molecular formula is C32H42N6O9. The van der Waals surface area contributed by atoms with E-state index < -0.39 is 72.5 Å². The van der Waals surface area contributed by atoms with E-state index in [1.807, 2.05) is 0 Å². The molecule has 2 aromatic carbocycles. The molecule has 0 spiro atoms. The van der Waals surface area contributed by atoms with Crippen LogP contribution in [0.25, 0.3) is 0 Å². The number of hydrogen-bond donors (Lipinski definition) is 6. The second-order valence-corrected chi connectivity index (χ2v) is 11.3. The van der Waals surface area contributed by atoms with Gasteiger partial charge in [-0.25, -0.2) is 0 Å². The number of primary amides is 1. The maximum absolute atomic E-state index is 13.4. The van der Waals surface area contributed by atoms with Gasteiger partial charge in [0.15, 0.2) is 0 Å². The van der Waals surface area contributed by atoms with Gasteiger partial charge < -0.3 is 46.5 Å². The van der Waals surface area contributed by atoms with Gasteiger partial charge in [0.2, 0.25) is 29.5 Å². The molecule has 1 heterocycles. The molecule has 0 aromatic heterocycles. The van der Waals surface area contributed by atoms with Crippen LogP contribution in [0.5, 0.6) is 17.2 Å². The quantitative estimate of drug-likeness (QED) is 0.197. The Morgan fingerprint density at radius 3 is 2.30 bits per heavy atom. The van der Waals surface area contributed by atoms with Crippen molar-refractivity contribution in [3.8, 4) is 17.2 Å². The largest absolute Gasteiger partial charge is 0.497 e. The molecule has 15 heteroatoms. The fourth-order valence-corrected chi connectivity index (χ4v) is 4.59. The third kappa shape index (κ3) is 11.2. The fourth-order valence-electron chi connectivity index (χ4n) is 4.59. The van der Waals surface area contributed by atoms with E-state index in [9.17, 15) is 28.8 Å². The van der Waals surface area contributed by atoms with Crippen molar-refractivity contribution in [3.05, 3.63) is 54.1 Å². The second-order valence-electron chi connectivity index (χ2n) is 11.3. The number of ether oxygens (including phenoxy) is 3. The molecule has 0 radical (unpaired) electrons. The smallest absolute Gasteiger partial charge is 0.255 e. The summed E-state index contributed by atoms with van der Waals surface area (Å²) in [6.45, 7) is 5.19. The molecule has 2 aromatic rings. The monoisotopic (exact) mass is 654 g/mol. The van der Waals surface area contributed by atoms with Gasteiger partial charge in [0.1, 0.15) is 48.6 Å². The molecule has 4 atom stereocenters. The lowest BCUT2D eigenvalue weighted by Gasteiger charge is -2.26. The second kappa shape index (κ2) is 17.4. The Bertz CT molecular complexity index is 1430. The number of methoxy groups -OCH3 is 1. The summed E-state index contributed by atoms with van der Waals surface area (Å²) in [5.41, 5.74) is 5.43. The number of nitrogens with one attached hydrogen (secondary N) is 5. The van der Waals surface area contributed by atoms with Crippen LogP contribution in [0.15, 0.2) is 48.5 Å².